The molecule has 64 valence electrons. The summed E-state index contributed by atoms with van der Waals surface area (Å²) in [4.78, 5) is 10.7. The van der Waals surface area contributed by atoms with Crippen molar-refractivity contribution in [2.45, 2.75) is 20.3 Å². The number of allylic oxidation sites excluding steroid dienone is 1. The van der Waals surface area contributed by atoms with E-state index < -0.39 is 0 Å². The minimum atomic E-state index is -0.141. The molecule has 0 heterocycles. The molecule has 0 atom stereocenters. The summed E-state index contributed by atoms with van der Waals surface area (Å²) >= 11 is 1.47. The summed E-state index contributed by atoms with van der Waals surface area (Å²) in [6, 6.07) is 0. The largest absolute Gasteiger partial charge is 0.465 e. The predicted molar refractivity (Wildman–Crippen MR) is 48.5 cm³/mol. The average Bonchev–Trinajstić information content (AvgIpc) is 1.99. The highest BCUT2D eigenvalue weighted by molar-refractivity contribution is 8.02. The van der Waals surface area contributed by atoms with Crippen LogP contribution in [0.3, 0.4) is 0 Å². The Kier molecular flexibility index (Phi) is 7.36. The summed E-state index contributed by atoms with van der Waals surface area (Å²) in [5.74, 6) is 0.280. The molecule has 0 rings (SSSR count). The summed E-state index contributed by atoms with van der Waals surface area (Å²) < 4.78 is 4.73. The quantitative estimate of drug-likeness (QED) is 0.598. The van der Waals surface area contributed by atoms with Crippen LogP contribution in [-0.4, -0.2) is 18.3 Å². The molecule has 0 aromatic carbocycles. The lowest BCUT2D eigenvalue weighted by molar-refractivity contribution is -0.139. The maximum absolute atomic E-state index is 10.7. The second-order valence-electron chi connectivity index (χ2n) is 1.90. The number of ether oxygens (including phenoxy) is 1. The van der Waals surface area contributed by atoms with Crippen molar-refractivity contribution in [1.29, 1.82) is 0 Å². The van der Waals surface area contributed by atoms with Gasteiger partial charge in [0.2, 0.25) is 0 Å². The summed E-state index contributed by atoms with van der Waals surface area (Å²) in [5.41, 5.74) is 0. The van der Waals surface area contributed by atoms with Gasteiger partial charge < -0.3 is 4.74 Å². The normalized spacial score (nSPS) is 10.4. The van der Waals surface area contributed by atoms with Crippen molar-refractivity contribution in [2.75, 3.05) is 12.4 Å². The molecule has 0 radical (unpaired) electrons. The summed E-state index contributed by atoms with van der Waals surface area (Å²) in [5, 5.41) is 1.93. The van der Waals surface area contributed by atoms with Gasteiger partial charge in [-0.15, -0.1) is 11.8 Å². The zero-order valence-electron chi connectivity index (χ0n) is 7.00. The van der Waals surface area contributed by atoms with Crippen molar-refractivity contribution in [2.24, 2.45) is 0 Å². The molecular formula is C8H14O2S. The third-order valence-electron chi connectivity index (χ3n) is 0.935. The number of thioether (sulfide) groups is 1. The van der Waals surface area contributed by atoms with Gasteiger partial charge in [-0.05, 0) is 18.8 Å². The molecule has 0 saturated carbocycles. The molecule has 0 amide bonds. The van der Waals surface area contributed by atoms with Crippen LogP contribution in [0.15, 0.2) is 11.5 Å². The lowest BCUT2D eigenvalue weighted by Gasteiger charge is -1.97. The fourth-order valence-corrected chi connectivity index (χ4v) is 1.13. The van der Waals surface area contributed by atoms with Gasteiger partial charge in [0.1, 0.15) is 0 Å². The van der Waals surface area contributed by atoms with Crippen LogP contribution in [0.5, 0.6) is 0 Å². The minimum Gasteiger partial charge on any atom is -0.465 e. The van der Waals surface area contributed by atoms with E-state index in [1.807, 2.05) is 18.4 Å². The van der Waals surface area contributed by atoms with E-state index in [0.29, 0.717) is 12.4 Å². The predicted octanol–water partition coefficient (Wildman–Crippen LogP) is 2.21. The Hall–Kier alpha value is -0.440. The molecular weight excluding hydrogens is 160 g/mol. The highest BCUT2D eigenvalue weighted by Gasteiger charge is 1.97. The summed E-state index contributed by atoms with van der Waals surface area (Å²) in [6.07, 6.45) is 3.03. The molecule has 0 unspecified atom stereocenters. The van der Waals surface area contributed by atoms with Crippen LogP contribution in [0, 0.1) is 0 Å². The monoisotopic (exact) mass is 174 g/mol. The van der Waals surface area contributed by atoms with Gasteiger partial charge in [0.05, 0.1) is 12.4 Å². The molecule has 0 aliphatic carbocycles. The molecule has 2 nitrogen and oxygen atoms in total. The number of hydrogen-bond acceptors (Lipinski definition) is 3. The van der Waals surface area contributed by atoms with E-state index in [1.165, 1.54) is 11.8 Å². The minimum absolute atomic E-state index is 0.141. The molecule has 0 N–H and O–H groups in total. The van der Waals surface area contributed by atoms with Crippen LogP contribution < -0.4 is 0 Å². The van der Waals surface area contributed by atoms with Gasteiger partial charge in [-0.2, -0.15) is 0 Å². The summed E-state index contributed by atoms with van der Waals surface area (Å²) in [6.45, 7) is 4.34. The summed E-state index contributed by atoms with van der Waals surface area (Å²) in [7, 11) is 0. The van der Waals surface area contributed by atoms with Gasteiger partial charge in [0, 0.05) is 0 Å². The third-order valence-corrected chi connectivity index (χ3v) is 1.72. The molecule has 0 fully saturated rings. The Balaban J connectivity index is 3.24. The SMILES string of the molecule is CC/C=C\SCC(=O)OCC. The van der Waals surface area contributed by atoms with Crippen molar-refractivity contribution < 1.29 is 9.53 Å². The Morgan fingerprint density at radius 1 is 1.55 bits per heavy atom. The van der Waals surface area contributed by atoms with Crippen LogP contribution in [0.25, 0.3) is 0 Å². The van der Waals surface area contributed by atoms with Crippen LogP contribution >= 0.6 is 11.8 Å². The van der Waals surface area contributed by atoms with E-state index in [0.717, 1.165) is 6.42 Å². The van der Waals surface area contributed by atoms with Crippen molar-refractivity contribution in [3.63, 3.8) is 0 Å². The Morgan fingerprint density at radius 3 is 2.82 bits per heavy atom. The Bertz CT molecular complexity index is 132. The number of carbonyl (C=O) groups excluding carboxylic acids is 1. The first-order valence-electron chi connectivity index (χ1n) is 3.73. The van der Waals surface area contributed by atoms with Crippen molar-refractivity contribution in [3.05, 3.63) is 11.5 Å². The molecule has 0 saturated heterocycles. The smallest absolute Gasteiger partial charge is 0.316 e. The standard InChI is InChI=1S/C8H14O2S/c1-3-5-6-11-7-8(9)10-4-2/h5-6H,3-4,7H2,1-2H3/b6-5-. The zero-order valence-corrected chi connectivity index (χ0v) is 7.82. The van der Waals surface area contributed by atoms with E-state index >= 15 is 0 Å². The van der Waals surface area contributed by atoms with E-state index in [2.05, 4.69) is 6.92 Å². The highest BCUT2D eigenvalue weighted by Crippen LogP contribution is 2.02. The maximum atomic E-state index is 10.7. The topological polar surface area (TPSA) is 26.3 Å². The molecule has 11 heavy (non-hydrogen) atoms. The van der Waals surface area contributed by atoms with E-state index in [-0.39, 0.29) is 5.97 Å². The highest BCUT2D eigenvalue weighted by atomic mass is 32.2. The molecule has 0 aliphatic rings. The maximum Gasteiger partial charge on any atom is 0.316 e. The van der Waals surface area contributed by atoms with Crippen LogP contribution in [0.2, 0.25) is 0 Å². The van der Waals surface area contributed by atoms with Crippen LogP contribution in [0.1, 0.15) is 20.3 Å². The first kappa shape index (κ1) is 10.6. The third kappa shape index (κ3) is 7.46. The van der Waals surface area contributed by atoms with Gasteiger partial charge in [-0.3, -0.25) is 4.79 Å². The molecule has 0 bridgehead atoms. The Morgan fingerprint density at radius 2 is 2.27 bits per heavy atom. The molecule has 0 aromatic heterocycles. The fourth-order valence-electron chi connectivity index (χ4n) is 0.483. The van der Waals surface area contributed by atoms with Crippen molar-refractivity contribution in [1.82, 2.24) is 0 Å². The van der Waals surface area contributed by atoms with Gasteiger partial charge in [-0.1, -0.05) is 13.0 Å². The molecule has 0 spiro atoms. The number of rotatable bonds is 5. The van der Waals surface area contributed by atoms with Gasteiger partial charge in [0.25, 0.3) is 0 Å². The second-order valence-corrected chi connectivity index (χ2v) is 2.79. The second kappa shape index (κ2) is 7.66. The Labute approximate surface area is 72.0 Å². The average molecular weight is 174 g/mol. The van der Waals surface area contributed by atoms with E-state index in [9.17, 15) is 4.79 Å². The number of hydrogen-bond donors (Lipinski definition) is 0. The number of esters is 1. The number of carbonyl (C=O) groups is 1. The van der Waals surface area contributed by atoms with Gasteiger partial charge in [0.15, 0.2) is 0 Å². The van der Waals surface area contributed by atoms with Crippen molar-refractivity contribution in [3.8, 4) is 0 Å². The zero-order chi connectivity index (χ0) is 8.53. The molecule has 0 aliphatic heterocycles. The molecule has 3 heteroatoms. The van der Waals surface area contributed by atoms with E-state index in [1.54, 1.807) is 0 Å². The fraction of sp³-hybridized carbons (Fsp3) is 0.625. The van der Waals surface area contributed by atoms with E-state index in [4.69, 9.17) is 4.74 Å². The lowest BCUT2D eigenvalue weighted by Crippen LogP contribution is -2.05. The van der Waals surface area contributed by atoms with Gasteiger partial charge >= 0.3 is 5.97 Å². The molecule has 0 aromatic rings. The first-order valence-corrected chi connectivity index (χ1v) is 4.78. The van der Waals surface area contributed by atoms with Crippen LogP contribution in [-0.2, 0) is 9.53 Å². The van der Waals surface area contributed by atoms with Gasteiger partial charge in [-0.25, -0.2) is 0 Å². The van der Waals surface area contributed by atoms with Crippen molar-refractivity contribution >= 4 is 17.7 Å². The first-order chi connectivity index (χ1) is 5.31. The van der Waals surface area contributed by atoms with Crippen LogP contribution in [0.4, 0.5) is 0 Å². The lowest BCUT2D eigenvalue weighted by atomic mass is 10.5.